The average molecular weight is 276 g/mol. The molecule has 17 heavy (non-hydrogen) atoms. The summed E-state index contributed by atoms with van der Waals surface area (Å²) < 4.78 is 22.8. The van der Waals surface area contributed by atoms with E-state index in [-0.39, 0.29) is 24.1 Å². The molecule has 8 heteroatoms. The first-order valence-corrected chi connectivity index (χ1v) is 7.76. The van der Waals surface area contributed by atoms with Crippen molar-refractivity contribution in [2.45, 2.75) is 12.5 Å². The van der Waals surface area contributed by atoms with E-state index in [1.807, 2.05) is 0 Å². The summed E-state index contributed by atoms with van der Waals surface area (Å²) in [4.78, 5) is 16.4. The second-order valence-electron chi connectivity index (χ2n) is 3.89. The largest absolute Gasteiger partial charge is 0.480 e. The number of rotatable bonds is 4. The van der Waals surface area contributed by atoms with Crippen LogP contribution in [0.15, 0.2) is 11.6 Å². The van der Waals surface area contributed by atoms with E-state index in [4.69, 9.17) is 5.11 Å². The minimum atomic E-state index is -3.03. The van der Waals surface area contributed by atoms with Crippen molar-refractivity contribution in [1.82, 2.24) is 4.98 Å². The Balaban J connectivity index is 2.20. The van der Waals surface area contributed by atoms with Crippen molar-refractivity contribution in [3.05, 3.63) is 11.6 Å². The van der Waals surface area contributed by atoms with Gasteiger partial charge in [-0.1, -0.05) is 0 Å². The van der Waals surface area contributed by atoms with Gasteiger partial charge in [-0.25, -0.2) is 13.4 Å². The Bertz CT molecular complexity index is 497. The molecule has 0 amide bonds. The normalized spacial score (nSPS) is 22.5. The van der Waals surface area contributed by atoms with Gasteiger partial charge in [-0.3, -0.25) is 4.79 Å². The minimum absolute atomic E-state index is 0.0137. The van der Waals surface area contributed by atoms with E-state index in [1.165, 1.54) is 11.3 Å². The Kier molecular flexibility index (Phi) is 3.34. The highest BCUT2D eigenvalue weighted by atomic mass is 32.2. The number of hydrogen-bond donors (Lipinski definition) is 1. The monoisotopic (exact) mass is 276 g/mol. The van der Waals surface area contributed by atoms with Gasteiger partial charge in [0.25, 0.3) is 0 Å². The molecule has 0 saturated carbocycles. The highest BCUT2D eigenvalue weighted by Gasteiger charge is 2.34. The van der Waals surface area contributed by atoms with Crippen molar-refractivity contribution in [3.8, 4) is 0 Å². The lowest BCUT2D eigenvalue weighted by molar-refractivity contribution is -0.135. The molecule has 0 aliphatic carbocycles. The van der Waals surface area contributed by atoms with Crippen LogP contribution in [0.25, 0.3) is 0 Å². The molecule has 1 aliphatic rings. The highest BCUT2D eigenvalue weighted by molar-refractivity contribution is 7.91. The molecule has 1 aromatic rings. The van der Waals surface area contributed by atoms with Gasteiger partial charge < -0.3 is 10.0 Å². The number of sulfone groups is 1. The first kappa shape index (κ1) is 12.3. The van der Waals surface area contributed by atoms with Gasteiger partial charge in [-0.15, -0.1) is 11.3 Å². The molecule has 1 N–H and O–H groups in total. The van der Waals surface area contributed by atoms with Gasteiger partial charge in [-0.05, 0) is 6.42 Å². The van der Waals surface area contributed by atoms with Gasteiger partial charge in [0.2, 0.25) is 0 Å². The van der Waals surface area contributed by atoms with Crippen molar-refractivity contribution in [3.63, 3.8) is 0 Å². The van der Waals surface area contributed by atoms with Gasteiger partial charge in [-0.2, -0.15) is 0 Å². The predicted molar refractivity (Wildman–Crippen MR) is 64.2 cm³/mol. The third-order valence-electron chi connectivity index (χ3n) is 2.62. The Morgan fingerprint density at radius 3 is 2.88 bits per heavy atom. The van der Waals surface area contributed by atoms with Crippen LogP contribution in [0, 0.1) is 0 Å². The zero-order valence-electron chi connectivity index (χ0n) is 8.94. The SMILES string of the molecule is O=C(O)CN(c1nccs1)C1CCS(=O)(=O)C1. The van der Waals surface area contributed by atoms with Crippen LogP contribution in [0.5, 0.6) is 0 Å². The first-order chi connectivity index (χ1) is 7.98. The molecule has 6 nitrogen and oxygen atoms in total. The summed E-state index contributed by atoms with van der Waals surface area (Å²) in [5, 5.41) is 11.2. The molecule has 2 rings (SSSR count). The number of aromatic nitrogens is 1. The van der Waals surface area contributed by atoms with Crippen LogP contribution in [-0.2, 0) is 14.6 Å². The Morgan fingerprint density at radius 2 is 2.41 bits per heavy atom. The fourth-order valence-corrected chi connectivity index (χ4v) is 4.32. The second kappa shape index (κ2) is 4.61. The standard InChI is InChI=1S/C9H12N2O4S2/c12-8(13)5-11(9-10-2-3-16-9)7-1-4-17(14,15)6-7/h2-3,7H,1,4-6H2,(H,12,13). The maximum Gasteiger partial charge on any atom is 0.323 e. The number of carbonyl (C=O) groups is 1. The fourth-order valence-electron chi connectivity index (χ4n) is 1.88. The number of aliphatic carboxylic acids is 1. The molecule has 1 atom stereocenters. The van der Waals surface area contributed by atoms with Crippen molar-refractivity contribution in [1.29, 1.82) is 0 Å². The number of hydrogen-bond acceptors (Lipinski definition) is 6. The van der Waals surface area contributed by atoms with E-state index in [0.717, 1.165) is 0 Å². The summed E-state index contributed by atoms with van der Waals surface area (Å²) >= 11 is 1.32. The van der Waals surface area contributed by atoms with Crippen molar-refractivity contribution < 1.29 is 18.3 Å². The molecule has 0 spiro atoms. The van der Waals surface area contributed by atoms with Gasteiger partial charge in [0.15, 0.2) is 15.0 Å². The topological polar surface area (TPSA) is 87.6 Å². The van der Waals surface area contributed by atoms with Crippen LogP contribution in [0.2, 0.25) is 0 Å². The van der Waals surface area contributed by atoms with Gasteiger partial charge in [0, 0.05) is 17.6 Å². The van der Waals surface area contributed by atoms with E-state index in [9.17, 15) is 13.2 Å². The Morgan fingerprint density at radius 1 is 1.65 bits per heavy atom. The van der Waals surface area contributed by atoms with Gasteiger partial charge in [0.05, 0.1) is 11.5 Å². The first-order valence-electron chi connectivity index (χ1n) is 5.06. The predicted octanol–water partition coefficient (Wildman–Crippen LogP) is 0.221. The zero-order valence-corrected chi connectivity index (χ0v) is 10.6. The molecule has 0 bridgehead atoms. The smallest absolute Gasteiger partial charge is 0.323 e. The lowest BCUT2D eigenvalue weighted by Gasteiger charge is -2.25. The van der Waals surface area contributed by atoms with E-state index in [1.54, 1.807) is 16.5 Å². The third kappa shape index (κ3) is 2.95. The number of carboxylic acid groups (broad SMARTS) is 1. The molecule has 1 aliphatic heterocycles. The average Bonchev–Trinajstić information content (AvgIpc) is 2.83. The maximum atomic E-state index is 11.4. The minimum Gasteiger partial charge on any atom is -0.480 e. The Hall–Kier alpha value is -1.15. The van der Waals surface area contributed by atoms with Crippen LogP contribution in [0.3, 0.4) is 0 Å². The fraction of sp³-hybridized carbons (Fsp3) is 0.556. The van der Waals surface area contributed by atoms with Gasteiger partial charge >= 0.3 is 5.97 Å². The van der Waals surface area contributed by atoms with Crippen LogP contribution >= 0.6 is 11.3 Å². The lowest BCUT2D eigenvalue weighted by atomic mass is 10.2. The quantitative estimate of drug-likeness (QED) is 0.846. The molecule has 94 valence electrons. The number of anilines is 1. The molecule has 2 heterocycles. The van der Waals surface area contributed by atoms with Crippen molar-refractivity contribution in [2.24, 2.45) is 0 Å². The van der Waals surface area contributed by atoms with Crippen LogP contribution in [-0.4, -0.2) is 48.6 Å². The number of carboxylic acids is 1. The third-order valence-corrected chi connectivity index (χ3v) is 5.18. The zero-order chi connectivity index (χ0) is 12.5. The van der Waals surface area contributed by atoms with Crippen molar-refractivity contribution in [2.75, 3.05) is 23.0 Å². The lowest BCUT2D eigenvalue weighted by Crippen LogP contribution is -2.40. The highest BCUT2D eigenvalue weighted by Crippen LogP contribution is 2.25. The van der Waals surface area contributed by atoms with Crippen molar-refractivity contribution >= 4 is 32.3 Å². The summed E-state index contributed by atoms with van der Waals surface area (Å²) in [6.07, 6.45) is 2.05. The van der Waals surface area contributed by atoms with Crippen LogP contribution in [0.4, 0.5) is 5.13 Å². The molecule has 1 unspecified atom stereocenters. The Labute approximate surface area is 103 Å². The summed E-state index contributed by atoms with van der Waals surface area (Å²) in [6.45, 7) is -0.215. The molecule has 1 saturated heterocycles. The molecular weight excluding hydrogens is 264 g/mol. The summed E-state index contributed by atoms with van der Waals surface area (Å²) in [5.74, 6) is -0.844. The van der Waals surface area contributed by atoms with E-state index < -0.39 is 15.8 Å². The summed E-state index contributed by atoms with van der Waals surface area (Å²) in [5.41, 5.74) is 0. The van der Waals surface area contributed by atoms with E-state index in [2.05, 4.69) is 4.98 Å². The molecule has 1 fully saturated rings. The van der Waals surface area contributed by atoms with E-state index in [0.29, 0.717) is 11.6 Å². The molecule has 0 radical (unpaired) electrons. The number of thiazole rings is 1. The van der Waals surface area contributed by atoms with Gasteiger partial charge in [0.1, 0.15) is 6.54 Å². The molecule has 0 aromatic carbocycles. The van der Waals surface area contributed by atoms with Crippen LogP contribution in [0.1, 0.15) is 6.42 Å². The second-order valence-corrected chi connectivity index (χ2v) is 6.99. The maximum absolute atomic E-state index is 11.4. The van der Waals surface area contributed by atoms with E-state index >= 15 is 0 Å². The summed E-state index contributed by atoms with van der Waals surface area (Å²) in [7, 11) is -3.03. The summed E-state index contributed by atoms with van der Waals surface area (Å²) in [6, 6.07) is -0.276. The molecule has 1 aromatic heterocycles. The van der Waals surface area contributed by atoms with Crippen LogP contribution < -0.4 is 4.90 Å². The number of nitrogens with zero attached hydrogens (tertiary/aromatic N) is 2. The molecular formula is C9H12N2O4S2.